The van der Waals surface area contributed by atoms with Gasteiger partial charge in [0.25, 0.3) is 0 Å². The first-order valence-electron chi connectivity index (χ1n) is 7.70. The Kier molecular flexibility index (Phi) is 5.74. The summed E-state index contributed by atoms with van der Waals surface area (Å²) in [7, 11) is 0. The van der Waals surface area contributed by atoms with E-state index in [-0.39, 0.29) is 36.5 Å². The number of carbonyl (C=O) groups is 4. The summed E-state index contributed by atoms with van der Waals surface area (Å²) < 4.78 is 0. The molecule has 0 unspecified atom stereocenters. The largest absolute Gasteiger partial charge is 0.354 e. The fourth-order valence-electron chi connectivity index (χ4n) is 2.58. The first-order chi connectivity index (χ1) is 10.6. The zero-order valence-corrected chi connectivity index (χ0v) is 12.4. The first kappa shape index (κ1) is 16.3. The van der Waals surface area contributed by atoms with Crippen molar-refractivity contribution in [3.05, 3.63) is 0 Å². The van der Waals surface area contributed by atoms with Gasteiger partial charge in [0.2, 0.25) is 23.6 Å². The normalized spacial score (nSPS) is 24.9. The van der Waals surface area contributed by atoms with Crippen LogP contribution >= 0.6 is 0 Å². The van der Waals surface area contributed by atoms with Gasteiger partial charge >= 0.3 is 0 Å². The Morgan fingerprint density at radius 2 is 1.27 bits per heavy atom. The molecule has 122 valence electrons. The molecule has 0 bridgehead atoms. The maximum Gasteiger partial charge on any atom is 0.242 e. The highest BCUT2D eigenvalue weighted by molar-refractivity contribution is 5.91. The Bertz CT molecular complexity index is 424. The van der Waals surface area contributed by atoms with E-state index in [1.165, 1.54) is 0 Å². The minimum atomic E-state index is -0.506. The van der Waals surface area contributed by atoms with Crippen molar-refractivity contribution in [3.8, 4) is 0 Å². The second-order valence-electron chi connectivity index (χ2n) is 5.61. The number of hydrogen-bond donors (Lipinski definition) is 4. The fraction of sp³-hybridized carbons (Fsp3) is 0.714. The molecule has 4 amide bonds. The number of piperidine rings is 2. The summed E-state index contributed by atoms with van der Waals surface area (Å²) in [5, 5.41) is 10.6. The molecular weight excluding hydrogens is 288 g/mol. The Hall–Kier alpha value is -2.12. The highest BCUT2D eigenvalue weighted by Crippen LogP contribution is 2.05. The molecule has 8 nitrogen and oxygen atoms in total. The lowest BCUT2D eigenvalue weighted by Gasteiger charge is -2.23. The lowest BCUT2D eigenvalue weighted by atomic mass is 10.1. The summed E-state index contributed by atoms with van der Waals surface area (Å²) in [5.74, 6) is -1.01. The third kappa shape index (κ3) is 4.71. The topological polar surface area (TPSA) is 116 Å². The van der Waals surface area contributed by atoms with Crippen molar-refractivity contribution in [2.75, 3.05) is 13.1 Å². The number of amides is 4. The highest BCUT2D eigenvalue weighted by Gasteiger charge is 2.25. The van der Waals surface area contributed by atoms with E-state index in [1.807, 2.05) is 0 Å². The summed E-state index contributed by atoms with van der Waals surface area (Å²) in [5.41, 5.74) is 0. The van der Waals surface area contributed by atoms with Crippen LogP contribution in [0, 0.1) is 0 Å². The van der Waals surface area contributed by atoms with Gasteiger partial charge in [-0.25, -0.2) is 0 Å². The Morgan fingerprint density at radius 3 is 1.64 bits per heavy atom. The van der Waals surface area contributed by atoms with Crippen molar-refractivity contribution in [1.29, 1.82) is 0 Å². The first-order valence-corrected chi connectivity index (χ1v) is 7.70. The third-order valence-corrected chi connectivity index (χ3v) is 3.82. The lowest BCUT2D eigenvalue weighted by Crippen LogP contribution is -2.51. The van der Waals surface area contributed by atoms with E-state index in [0.29, 0.717) is 25.9 Å². The highest BCUT2D eigenvalue weighted by atomic mass is 16.2. The average Bonchev–Trinajstić information content (AvgIpc) is 2.50. The predicted octanol–water partition coefficient (Wildman–Crippen LogP) is -1.44. The van der Waals surface area contributed by atoms with E-state index in [2.05, 4.69) is 21.3 Å². The van der Waals surface area contributed by atoms with Crippen LogP contribution in [0.3, 0.4) is 0 Å². The Labute approximate surface area is 128 Å². The molecule has 22 heavy (non-hydrogen) atoms. The van der Waals surface area contributed by atoms with E-state index < -0.39 is 12.1 Å². The number of rotatable bonds is 5. The smallest absolute Gasteiger partial charge is 0.242 e. The van der Waals surface area contributed by atoms with Gasteiger partial charge in [-0.3, -0.25) is 19.2 Å². The second-order valence-corrected chi connectivity index (χ2v) is 5.61. The molecule has 2 heterocycles. The van der Waals surface area contributed by atoms with Gasteiger partial charge in [-0.2, -0.15) is 0 Å². The maximum absolute atomic E-state index is 11.8. The molecule has 2 aliphatic rings. The van der Waals surface area contributed by atoms with Crippen LogP contribution < -0.4 is 21.3 Å². The van der Waals surface area contributed by atoms with Gasteiger partial charge in [0, 0.05) is 25.9 Å². The van der Waals surface area contributed by atoms with Crippen LogP contribution in [0.15, 0.2) is 0 Å². The van der Waals surface area contributed by atoms with Gasteiger partial charge in [-0.05, 0) is 25.7 Å². The van der Waals surface area contributed by atoms with Gasteiger partial charge in [0.05, 0.1) is 0 Å². The van der Waals surface area contributed by atoms with Crippen molar-refractivity contribution >= 4 is 23.6 Å². The lowest BCUT2D eigenvalue weighted by molar-refractivity contribution is -0.132. The Balaban J connectivity index is 1.68. The van der Waals surface area contributed by atoms with Crippen molar-refractivity contribution in [1.82, 2.24) is 21.3 Å². The number of carbonyl (C=O) groups excluding carboxylic acids is 4. The Morgan fingerprint density at radius 1 is 0.864 bits per heavy atom. The molecule has 2 saturated heterocycles. The summed E-state index contributed by atoms with van der Waals surface area (Å²) >= 11 is 0. The van der Waals surface area contributed by atoms with Gasteiger partial charge in [-0.15, -0.1) is 0 Å². The van der Waals surface area contributed by atoms with Crippen LogP contribution in [-0.2, 0) is 19.2 Å². The standard InChI is InChI=1S/C14H22N4O4/c19-11(17-9-3-1-7-15-13(9)21)5-6-12(20)18-10-4-2-8-16-14(10)22/h9-10H,1-8H2,(H,15,21)(H,16,22)(H,17,19)(H,18,20)/t9-,10+. The van der Waals surface area contributed by atoms with Gasteiger partial charge in [0.1, 0.15) is 12.1 Å². The van der Waals surface area contributed by atoms with Crippen LogP contribution in [0.25, 0.3) is 0 Å². The minimum absolute atomic E-state index is 0.00392. The van der Waals surface area contributed by atoms with Gasteiger partial charge in [-0.1, -0.05) is 0 Å². The van der Waals surface area contributed by atoms with Crippen molar-refractivity contribution in [2.45, 2.75) is 50.6 Å². The molecule has 8 heteroatoms. The quantitative estimate of drug-likeness (QED) is 0.497. The molecule has 0 aliphatic carbocycles. The van der Waals surface area contributed by atoms with E-state index in [0.717, 1.165) is 12.8 Å². The fourth-order valence-corrected chi connectivity index (χ4v) is 2.58. The number of hydrogen-bond acceptors (Lipinski definition) is 4. The van der Waals surface area contributed by atoms with Crippen LogP contribution in [0.5, 0.6) is 0 Å². The third-order valence-electron chi connectivity index (χ3n) is 3.82. The molecule has 2 fully saturated rings. The van der Waals surface area contributed by atoms with Crippen LogP contribution in [-0.4, -0.2) is 48.8 Å². The molecule has 2 atom stereocenters. The molecule has 0 aromatic carbocycles. The average molecular weight is 310 g/mol. The summed E-state index contributed by atoms with van der Waals surface area (Å²) in [4.78, 5) is 46.6. The van der Waals surface area contributed by atoms with E-state index in [1.54, 1.807) is 0 Å². The summed E-state index contributed by atoms with van der Waals surface area (Å²) in [6, 6.07) is -1.01. The monoisotopic (exact) mass is 310 g/mol. The molecule has 0 radical (unpaired) electrons. The van der Waals surface area contributed by atoms with Crippen LogP contribution in [0.2, 0.25) is 0 Å². The minimum Gasteiger partial charge on any atom is -0.354 e. The van der Waals surface area contributed by atoms with Crippen molar-refractivity contribution in [3.63, 3.8) is 0 Å². The summed E-state index contributed by atoms with van der Waals surface area (Å²) in [6.07, 6.45) is 2.90. The maximum atomic E-state index is 11.8. The van der Waals surface area contributed by atoms with E-state index in [4.69, 9.17) is 0 Å². The van der Waals surface area contributed by atoms with Gasteiger partial charge in [0.15, 0.2) is 0 Å². The molecule has 0 aromatic rings. The molecule has 0 aromatic heterocycles. The molecular formula is C14H22N4O4. The van der Waals surface area contributed by atoms with Crippen molar-refractivity contribution < 1.29 is 19.2 Å². The molecule has 2 rings (SSSR count). The predicted molar refractivity (Wildman–Crippen MR) is 77.6 cm³/mol. The van der Waals surface area contributed by atoms with Gasteiger partial charge < -0.3 is 21.3 Å². The van der Waals surface area contributed by atoms with Crippen LogP contribution in [0.1, 0.15) is 38.5 Å². The molecule has 0 saturated carbocycles. The van der Waals surface area contributed by atoms with Crippen LogP contribution in [0.4, 0.5) is 0 Å². The number of nitrogens with one attached hydrogen (secondary N) is 4. The summed E-state index contributed by atoms with van der Waals surface area (Å²) in [6.45, 7) is 1.27. The van der Waals surface area contributed by atoms with Crippen molar-refractivity contribution in [2.24, 2.45) is 0 Å². The zero-order chi connectivity index (χ0) is 15.9. The molecule has 2 aliphatic heterocycles. The van der Waals surface area contributed by atoms with E-state index >= 15 is 0 Å². The molecule has 4 N–H and O–H groups in total. The SMILES string of the molecule is O=C(CCC(=O)N[C@@H]1CCCNC1=O)N[C@H]1CCCNC1=O. The van der Waals surface area contributed by atoms with E-state index in [9.17, 15) is 19.2 Å². The second kappa shape index (κ2) is 7.77. The molecule has 0 spiro atoms. The zero-order valence-electron chi connectivity index (χ0n) is 12.4.